The fraction of sp³-hybridized carbons (Fsp3) is 0.455. The van der Waals surface area contributed by atoms with Crippen LogP contribution in [0.5, 0.6) is 0 Å². The molecule has 3 nitrogen and oxygen atoms in total. The van der Waals surface area contributed by atoms with Crippen LogP contribution in [0.3, 0.4) is 0 Å². The fourth-order valence-electron chi connectivity index (χ4n) is 1.88. The van der Waals surface area contributed by atoms with E-state index in [4.69, 9.17) is 0 Å². The molecule has 0 saturated carbocycles. The first kappa shape index (κ1) is 10.6. The van der Waals surface area contributed by atoms with Crippen LogP contribution in [-0.2, 0) is 22.8 Å². The van der Waals surface area contributed by atoms with Gasteiger partial charge < -0.3 is 5.32 Å². The zero-order chi connectivity index (χ0) is 11.1. The molecule has 0 unspecified atom stereocenters. The Bertz CT molecular complexity index is 479. The van der Waals surface area contributed by atoms with Crippen LogP contribution < -0.4 is 5.32 Å². The van der Waals surface area contributed by atoms with Gasteiger partial charge in [-0.1, -0.05) is 6.07 Å². The van der Waals surface area contributed by atoms with Crippen LogP contribution in [0.4, 0.5) is 0 Å². The van der Waals surface area contributed by atoms with Gasteiger partial charge in [0, 0.05) is 18.8 Å². The molecule has 0 bridgehead atoms. The Balaban J connectivity index is 2.46. The number of hydrogen-bond donors (Lipinski definition) is 1. The van der Waals surface area contributed by atoms with Crippen LogP contribution in [0, 0.1) is 0 Å². The maximum Gasteiger partial charge on any atom is 0.175 e. The van der Waals surface area contributed by atoms with Crippen LogP contribution in [0.15, 0.2) is 23.1 Å². The van der Waals surface area contributed by atoms with Crippen molar-refractivity contribution >= 4 is 9.84 Å². The Kier molecular flexibility index (Phi) is 2.56. The summed E-state index contributed by atoms with van der Waals surface area (Å²) in [5, 5.41) is 3.35. The van der Waals surface area contributed by atoms with Gasteiger partial charge in [-0.15, -0.1) is 0 Å². The molecular weight excluding hydrogens is 210 g/mol. The molecule has 1 N–H and O–H groups in total. The maximum atomic E-state index is 11.4. The summed E-state index contributed by atoms with van der Waals surface area (Å²) in [7, 11) is -3.07. The lowest BCUT2D eigenvalue weighted by atomic mass is 9.97. The van der Waals surface area contributed by atoms with E-state index in [1.165, 1.54) is 11.8 Å². The monoisotopic (exact) mass is 225 g/mol. The van der Waals surface area contributed by atoms with Crippen molar-refractivity contribution in [3.05, 3.63) is 29.3 Å². The highest BCUT2D eigenvalue weighted by Gasteiger charge is 2.16. The molecule has 0 aliphatic carbocycles. The summed E-state index contributed by atoms with van der Waals surface area (Å²) >= 11 is 0. The largest absolute Gasteiger partial charge is 0.310 e. The second-order valence-electron chi connectivity index (χ2n) is 4.19. The third kappa shape index (κ3) is 2.21. The third-order valence-electron chi connectivity index (χ3n) is 2.77. The van der Waals surface area contributed by atoms with Gasteiger partial charge in [0.15, 0.2) is 9.84 Å². The second kappa shape index (κ2) is 3.61. The van der Waals surface area contributed by atoms with Gasteiger partial charge in [-0.05, 0) is 36.6 Å². The molecule has 1 aromatic rings. The third-order valence-corrected chi connectivity index (χ3v) is 3.88. The van der Waals surface area contributed by atoms with Gasteiger partial charge in [0.1, 0.15) is 0 Å². The van der Waals surface area contributed by atoms with E-state index >= 15 is 0 Å². The Labute approximate surface area is 90.4 Å². The lowest BCUT2D eigenvalue weighted by Crippen LogP contribution is -2.32. The fourth-order valence-corrected chi connectivity index (χ4v) is 2.55. The smallest absolute Gasteiger partial charge is 0.175 e. The molecular formula is C11H15NO2S. The molecule has 15 heavy (non-hydrogen) atoms. The molecule has 1 aliphatic heterocycles. The highest BCUT2D eigenvalue weighted by molar-refractivity contribution is 7.90. The quantitative estimate of drug-likeness (QED) is 0.779. The van der Waals surface area contributed by atoms with Crippen molar-refractivity contribution in [3.63, 3.8) is 0 Å². The van der Waals surface area contributed by atoms with E-state index in [1.54, 1.807) is 6.07 Å². The molecule has 1 aliphatic rings. The summed E-state index contributed by atoms with van der Waals surface area (Å²) in [4.78, 5) is 0.426. The molecule has 0 fully saturated rings. The van der Waals surface area contributed by atoms with Crippen LogP contribution >= 0.6 is 0 Å². The van der Waals surface area contributed by atoms with Crippen molar-refractivity contribution < 1.29 is 8.42 Å². The summed E-state index contributed by atoms with van der Waals surface area (Å²) in [6.45, 7) is 2.94. The van der Waals surface area contributed by atoms with Crippen molar-refractivity contribution in [2.45, 2.75) is 30.8 Å². The van der Waals surface area contributed by atoms with Crippen molar-refractivity contribution in [1.82, 2.24) is 5.32 Å². The first-order valence-electron chi connectivity index (χ1n) is 5.02. The highest BCUT2D eigenvalue weighted by atomic mass is 32.2. The van der Waals surface area contributed by atoms with Gasteiger partial charge in [0.2, 0.25) is 0 Å². The van der Waals surface area contributed by atoms with Crippen LogP contribution in [0.1, 0.15) is 18.1 Å². The zero-order valence-electron chi connectivity index (χ0n) is 8.95. The number of sulfone groups is 1. The normalized spacial score (nSPS) is 21.1. The van der Waals surface area contributed by atoms with Crippen LogP contribution in [0.2, 0.25) is 0 Å². The van der Waals surface area contributed by atoms with Gasteiger partial charge in [-0.3, -0.25) is 0 Å². The van der Waals surface area contributed by atoms with E-state index in [9.17, 15) is 8.42 Å². The Morgan fingerprint density at radius 1 is 1.33 bits per heavy atom. The molecule has 2 rings (SSSR count). The van der Waals surface area contributed by atoms with Crippen molar-refractivity contribution in [2.75, 3.05) is 6.26 Å². The molecule has 1 atom stereocenters. The minimum Gasteiger partial charge on any atom is -0.310 e. The molecule has 0 spiro atoms. The summed E-state index contributed by atoms with van der Waals surface area (Å²) < 4.78 is 22.8. The van der Waals surface area contributed by atoms with E-state index in [0.29, 0.717) is 10.9 Å². The number of nitrogens with one attached hydrogen (secondary N) is 1. The van der Waals surface area contributed by atoms with Gasteiger partial charge >= 0.3 is 0 Å². The number of fused-ring (bicyclic) bond motifs is 1. The van der Waals surface area contributed by atoms with Crippen LogP contribution in [-0.4, -0.2) is 20.7 Å². The van der Waals surface area contributed by atoms with E-state index in [2.05, 4.69) is 12.2 Å². The minimum absolute atomic E-state index is 0.423. The van der Waals surface area contributed by atoms with E-state index in [1.807, 2.05) is 12.1 Å². The topological polar surface area (TPSA) is 46.2 Å². The summed E-state index contributed by atoms with van der Waals surface area (Å²) in [5.74, 6) is 0. The summed E-state index contributed by atoms with van der Waals surface area (Å²) in [5.41, 5.74) is 2.37. The second-order valence-corrected chi connectivity index (χ2v) is 6.20. The highest BCUT2D eigenvalue weighted by Crippen LogP contribution is 2.20. The van der Waals surface area contributed by atoms with E-state index in [0.717, 1.165) is 18.5 Å². The van der Waals surface area contributed by atoms with Gasteiger partial charge in [0.25, 0.3) is 0 Å². The van der Waals surface area contributed by atoms with E-state index < -0.39 is 9.84 Å². The predicted molar refractivity (Wildman–Crippen MR) is 59.6 cm³/mol. The number of hydrogen-bond acceptors (Lipinski definition) is 3. The molecule has 4 heteroatoms. The number of rotatable bonds is 1. The maximum absolute atomic E-state index is 11.4. The summed E-state index contributed by atoms with van der Waals surface area (Å²) in [6, 6.07) is 5.82. The first-order chi connectivity index (χ1) is 6.97. The molecule has 0 aromatic heterocycles. The van der Waals surface area contributed by atoms with Crippen LogP contribution in [0.25, 0.3) is 0 Å². The molecule has 0 amide bonds. The standard InChI is InChI=1S/C11H15NO2S/c1-8-5-10-6-11(15(2,13)14)4-3-9(10)7-12-8/h3-4,6,8,12H,5,7H2,1-2H3/t8-/m1/s1. The zero-order valence-corrected chi connectivity index (χ0v) is 9.76. The predicted octanol–water partition coefficient (Wildman–Crippen LogP) is 1.12. The molecule has 1 aromatic carbocycles. The Morgan fingerprint density at radius 3 is 2.73 bits per heavy atom. The average molecular weight is 225 g/mol. The molecule has 82 valence electrons. The van der Waals surface area contributed by atoms with Crippen molar-refractivity contribution in [2.24, 2.45) is 0 Å². The summed E-state index contributed by atoms with van der Waals surface area (Å²) in [6.07, 6.45) is 2.15. The Hall–Kier alpha value is -0.870. The minimum atomic E-state index is -3.07. The van der Waals surface area contributed by atoms with Gasteiger partial charge in [-0.2, -0.15) is 0 Å². The lowest BCUT2D eigenvalue weighted by Gasteiger charge is -2.23. The Morgan fingerprint density at radius 2 is 2.07 bits per heavy atom. The number of benzene rings is 1. The van der Waals surface area contributed by atoms with Crippen molar-refractivity contribution in [3.8, 4) is 0 Å². The van der Waals surface area contributed by atoms with Gasteiger partial charge in [0.05, 0.1) is 4.90 Å². The SMILES string of the molecule is C[C@@H]1Cc2cc(S(C)(=O)=O)ccc2CN1. The van der Waals surface area contributed by atoms with E-state index in [-0.39, 0.29) is 0 Å². The lowest BCUT2D eigenvalue weighted by molar-refractivity contribution is 0.512. The first-order valence-corrected chi connectivity index (χ1v) is 6.91. The molecule has 1 heterocycles. The van der Waals surface area contributed by atoms with Crippen molar-refractivity contribution in [1.29, 1.82) is 0 Å². The van der Waals surface area contributed by atoms with Gasteiger partial charge in [-0.25, -0.2) is 8.42 Å². The molecule has 0 saturated heterocycles. The molecule has 0 radical (unpaired) electrons. The average Bonchev–Trinajstić information content (AvgIpc) is 2.15.